The van der Waals surface area contributed by atoms with Gasteiger partial charge in [0, 0.05) is 11.9 Å². The van der Waals surface area contributed by atoms with Crippen LogP contribution in [0.2, 0.25) is 0 Å². The quantitative estimate of drug-likeness (QED) is 0.859. The highest BCUT2D eigenvalue weighted by atomic mass is 14.9. The Hall–Kier alpha value is -2.54. The summed E-state index contributed by atoms with van der Waals surface area (Å²) >= 11 is 0. The molecule has 1 heterocycles. The monoisotopic (exact) mass is 250 g/mol. The Morgan fingerprint density at radius 3 is 2.89 bits per heavy atom. The SMILES string of the molecule is N#CC1Cc2ccc(Nc3ccncc3N)cc2C1. The van der Waals surface area contributed by atoms with Crippen LogP contribution in [0.5, 0.6) is 0 Å². The van der Waals surface area contributed by atoms with E-state index in [1.165, 1.54) is 11.1 Å². The second-order valence-corrected chi connectivity index (χ2v) is 4.81. The second-order valence-electron chi connectivity index (χ2n) is 4.81. The van der Waals surface area contributed by atoms with Gasteiger partial charge in [-0.15, -0.1) is 0 Å². The van der Waals surface area contributed by atoms with E-state index in [1.807, 2.05) is 12.1 Å². The number of nitriles is 1. The molecule has 0 radical (unpaired) electrons. The number of rotatable bonds is 2. The highest BCUT2D eigenvalue weighted by molar-refractivity contribution is 5.72. The largest absolute Gasteiger partial charge is 0.396 e. The van der Waals surface area contributed by atoms with Crippen LogP contribution in [0.3, 0.4) is 0 Å². The van der Waals surface area contributed by atoms with Crippen molar-refractivity contribution in [3.05, 3.63) is 47.8 Å². The van der Waals surface area contributed by atoms with Gasteiger partial charge in [-0.2, -0.15) is 5.26 Å². The van der Waals surface area contributed by atoms with Crippen LogP contribution >= 0.6 is 0 Å². The van der Waals surface area contributed by atoms with Gasteiger partial charge in [0.05, 0.1) is 29.6 Å². The number of hydrogen-bond donors (Lipinski definition) is 2. The maximum absolute atomic E-state index is 8.99. The maximum atomic E-state index is 8.99. The van der Waals surface area contributed by atoms with E-state index in [0.717, 1.165) is 24.2 Å². The number of hydrogen-bond acceptors (Lipinski definition) is 4. The van der Waals surface area contributed by atoms with Gasteiger partial charge in [-0.05, 0) is 42.2 Å². The molecule has 1 unspecified atom stereocenters. The van der Waals surface area contributed by atoms with Crippen molar-refractivity contribution < 1.29 is 0 Å². The van der Waals surface area contributed by atoms with E-state index >= 15 is 0 Å². The van der Waals surface area contributed by atoms with Gasteiger partial charge in [-0.1, -0.05) is 6.07 Å². The number of benzene rings is 1. The Morgan fingerprint density at radius 2 is 2.11 bits per heavy atom. The third kappa shape index (κ3) is 2.23. The summed E-state index contributed by atoms with van der Waals surface area (Å²) in [6.45, 7) is 0. The summed E-state index contributed by atoms with van der Waals surface area (Å²) in [5.74, 6) is 0.122. The number of nitrogens with one attached hydrogen (secondary N) is 1. The fourth-order valence-corrected chi connectivity index (χ4v) is 2.46. The summed E-state index contributed by atoms with van der Waals surface area (Å²) in [5.41, 5.74) is 10.9. The Bertz CT molecular complexity index is 657. The first kappa shape index (κ1) is 11.5. The molecule has 0 saturated carbocycles. The summed E-state index contributed by atoms with van der Waals surface area (Å²) in [4.78, 5) is 3.96. The molecule has 0 fully saturated rings. The van der Waals surface area contributed by atoms with Crippen LogP contribution in [-0.4, -0.2) is 4.98 Å². The van der Waals surface area contributed by atoms with Crippen molar-refractivity contribution in [3.63, 3.8) is 0 Å². The number of nitrogens with two attached hydrogens (primary N) is 1. The van der Waals surface area contributed by atoms with Gasteiger partial charge in [0.1, 0.15) is 0 Å². The first-order valence-electron chi connectivity index (χ1n) is 6.24. The number of nitrogens with zero attached hydrogens (tertiary/aromatic N) is 2. The Morgan fingerprint density at radius 1 is 1.26 bits per heavy atom. The molecule has 2 aromatic rings. The van der Waals surface area contributed by atoms with Crippen molar-refractivity contribution in [2.45, 2.75) is 12.8 Å². The van der Waals surface area contributed by atoms with E-state index in [-0.39, 0.29) is 5.92 Å². The lowest BCUT2D eigenvalue weighted by Crippen LogP contribution is -1.97. The third-order valence-corrected chi connectivity index (χ3v) is 3.45. The molecule has 1 aromatic carbocycles. The molecule has 1 aliphatic rings. The molecule has 0 spiro atoms. The maximum Gasteiger partial charge on any atom is 0.0739 e. The molecule has 1 aromatic heterocycles. The molecular formula is C15H14N4. The molecule has 1 atom stereocenters. The predicted octanol–water partition coefficient (Wildman–Crippen LogP) is 2.65. The van der Waals surface area contributed by atoms with Crippen LogP contribution in [0.25, 0.3) is 0 Å². The van der Waals surface area contributed by atoms with Crippen molar-refractivity contribution in [3.8, 4) is 6.07 Å². The minimum absolute atomic E-state index is 0.122. The van der Waals surface area contributed by atoms with E-state index in [2.05, 4.69) is 28.5 Å². The zero-order valence-electron chi connectivity index (χ0n) is 10.4. The summed E-state index contributed by atoms with van der Waals surface area (Å²) in [6.07, 6.45) is 5.04. The van der Waals surface area contributed by atoms with Gasteiger partial charge in [0.2, 0.25) is 0 Å². The van der Waals surface area contributed by atoms with Crippen molar-refractivity contribution >= 4 is 17.1 Å². The normalized spacial score (nSPS) is 16.7. The average molecular weight is 250 g/mol. The summed E-state index contributed by atoms with van der Waals surface area (Å²) in [6, 6.07) is 10.4. The lowest BCUT2D eigenvalue weighted by atomic mass is 10.1. The van der Waals surface area contributed by atoms with Gasteiger partial charge < -0.3 is 11.1 Å². The Kier molecular flexibility index (Phi) is 2.81. The van der Waals surface area contributed by atoms with Crippen LogP contribution in [-0.2, 0) is 12.8 Å². The van der Waals surface area contributed by atoms with Gasteiger partial charge in [0.25, 0.3) is 0 Å². The van der Waals surface area contributed by atoms with E-state index in [1.54, 1.807) is 12.4 Å². The molecule has 0 amide bonds. The highest BCUT2D eigenvalue weighted by Gasteiger charge is 2.21. The average Bonchev–Trinajstić information content (AvgIpc) is 2.83. The third-order valence-electron chi connectivity index (χ3n) is 3.45. The first-order chi connectivity index (χ1) is 9.26. The van der Waals surface area contributed by atoms with Crippen LogP contribution < -0.4 is 11.1 Å². The van der Waals surface area contributed by atoms with Crippen molar-refractivity contribution in [1.29, 1.82) is 5.26 Å². The van der Waals surface area contributed by atoms with E-state index in [4.69, 9.17) is 11.0 Å². The molecule has 4 nitrogen and oxygen atoms in total. The molecule has 3 rings (SSSR count). The Labute approximate surface area is 111 Å². The number of fused-ring (bicyclic) bond motifs is 1. The lowest BCUT2D eigenvalue weighted by Gasteiger charge is -2.10. The zero-order valence-corrected chi connectivity index (χ0v) is 10.4. The van der Waals surface area contributed by atoms with Crippen LogP contribution in [0.4, 0.5) is 17.1 Å². The van der Waals surface area contributed by atoms with Crippen LogP contribution in [0.15, 0.2) is 36.7 Å². The first-order valence-corrected chi connectivity index (χ1v) is 6.24. The smallest absolute Gasteiger partial charge is 0.0739 e. The molecule has 0 bridgehead atoms. The number of anilines is 3. The van der Waals surface area contributed by atoms with Crippen molar-refractivity contribution in [1.82, 2.24) is 4.98 Å². The molecule has 94 valence electrons. The van der Waals surface area contributed by atoms with Crippen LogP contribution in [0.1, 0.15) is 11.1 Å². The minimum atomic E-state index is 0.122. The summed E-state index contributed by atoms with van der Waals surface area (Å²) < 4.78 is 0. The lowest BCUT2D eigenvalue weighted by molar-refractivity contribution is 0.720. The molecule has 3 N–H and O–H groups in total. The minimum Gasteiger partial charge on any atom is -0.396 e. The van der Waals surface area contributed by atoms with Gasteiger partial charge in [0.15, 0.2) is 0 Å². The van der Waals surface area contributed by atoms with Crippen LogP contribution in [0, 0.1) is 17.2 Å². The molecule has 4 heteroatoms. The fourth-order valence-electron chi connectivity index (χ4n) is 2.46. The van der Waals surface area contributed by atoms with Gasteiger partial charge >= 0.3 is 0 Å². The zero-order chi connectivity index (χ0) is 13.2. The van der Waals surface area contributed by atoms with Crippen molar-refractivity contribution in [2.75, 3.05) is 11.1 Å². The van der Waals surface area contributed by atoms with E-state index in [9.17, 15) is 0 Å². The topological polar surface area (TPSA) is 74.7 Å². The Balaban J connectivity index is 1.85. The van der Waals surface area contributed by atoms with E-state index in [0.29, 0.717) is 5.69 Å². The fraction of sp³-hybridized carbons (Fsp3) is 0.200. The van der Waals surface area contributed by atoms with Crippen molar-refractivity contribution in [2.24, 2.45) is 5.92 Å². The molecular weight excluding hydrogens is 236 g/mol. The molecule has 19 heavy (non-hydrogen) atoms. The summed E-state index contributed by atoms with van der Waals surface area (Å²) in [7, 11) is 0. The number of aromatic nitrogens is 1. The number of pyridine rings is 1. The highest BCUT2D eigenvalue weighted by Crippen LogP contribution is 2.30. The number of nitrogen functional groups attached to an aromatic ring is 1. The predicted molar refractivity (Wildman–Crippen MR) is 74.9 cm³/mol. The van der Waals surface area contributed by atoms with Gasteiger partial charge in [-0.25, -0.2) is 0 Å². The summed E-state index contributed by atoms with van der Waals surface area (Å²) in [5, 5.41) is 12.3. The molecule has 0 aliphatic heterocycles. The molecule has 1 aliphatic carbocycles. The van der Waals surface area contributed by atoms with Gasteiger partial charge in [-0.3, -0.25) is 4.98 Å². The van der Waals surface area contributed by atoms with E-state index < -0.39 is 0 Å². The standard InChI is InChI=1S/C15H14N4/c16-8-10-5-11-1-2-13(7-12(11)6-10)19-15-3-4-18-9-14(15)17/h1-4,7,9-10H,5-6,17H2,(H,18,19). The molecule has 0 saturated heterocycles. The second kappa shape index (κ2) is 4.62.